The van der Waals surface area contributed by atoms with E-state index in [9.17, 15) is 9.59 Å². The Hall–Kier alpha value is -2.05. The minimum absolute atomic E-state index is 0.0123. The fraction of sp³-hybridized carbons (Fsp3) is 0.312. The normalized spacial score (nSPS) is 10.8. The molecule has 0 spiro atoms. The molecule has 8 heteroatoms. The number of aldehydes is 1. The van der Waals surface area contributed by atoms with Gasteiger partial charge in [-0.2, -0.15) is 5.10 Å². The number of ether oxygens (including phenoxy) is 2. The average Bonchev–Trinajstić information content (AvgIpc) is 2.85. The molecule has 0 aliphatic rings. The molecule has 128 valence electrons. The number of rotatable bonds is 6. The van der Waals surface area contributed by atoms with Gasteiger partial charge >= 0.3 is 5.97 Å². The molecular weight excluding hydrogens is 355 g/mol. The zero-order valence-corrected chi connectivity index (χ0v) is 14.9. The quantitative estimate of drug-likeness (QED) is 0.550. The first kappa shape index (κ1) is 18.3. The number of aromatic nitrogens is 2. The van der Waals surface area contributed by atoms with Crippen molar-refractivity contribution in [1.82, 2.24) is 9.78 Å². The largest absolute Gasteiger partial charge is 0.461 e. The standard InChI is InChI=1S/C16H16Cl2N2O4/c1-4-23-16(22)14-13(8-21)15(20(19-14)9(2)3)24-12-6-10(17)5-11(18)7-12/h5-9H,4H2,1-3H3. The summed E-state index contributed by atoms with van der Waals surface area (Å²) in [6.45, 7) is 5.53. The van der Waals surface area contributed by atoms with Gasteiger partial charge in [0.1, 0.15) is 11.3 Å². The number of esters is 1. The molecule has 2 rings (SSSR count). The molecule has 1 aromatic carbocycles. The van der Waals surface area contributed by atoms with E-state index in [1.165, 1.54) is 4.68 Å². The third kappa shape index (κ3) is 3.88. The van der Waals surface area contributed by atoms with Crippen molar-refractivity contribution in [1.29, 1.82) is 0 Å². The number of hydrogen-bond donors (Lipinski definition) is 0. The molecule has 0 amide bonds. The highest BCUT2D eigenvalue weighted by molar-refractivity contribution is 6.34. The lowest BCUT2D eigenvalue weighted by Gasteiger charge is -2.12. The molecule has 1 heterocycles. The van der Waals surface area contributed by atoms with E-state index in [2.05, 4.69) is 5.10 Å². The molecule has 0 fully saturated rings. The van der Waals surface area contributed by atoms with Gasteiger partial charge in [0.05, 0.1) is 12.6 Å². The van der Waals surface area contributed by atoms with Crippen LogP contribution in [0.15, 0.2) is 18.2 Å². The van der Waals surface area contributed by atoms with E-state index >= 15 is 0 Å². The van der Waals surface area contributed by atoms with E-state index < -0.39 is 5.97 Å². The van der Waals surface area contributed by atoms with E-state index in [0.717, 1.165) is 0 Å². The van der Waals surface area contributed by atoms with Crippen molar-refractivity contribution in [2.75, 3.05) is 6.61 Å². The first-order valence-electron chi connectivity index (χ1n) is 7.26. The van der Waals surface area contributed by atoms with Crippen LogP contribution in [-0.2, 0) is 4.74 Å². The second-order valence-corrected chi connectivity index (χ2v) is 6.02. The minimum Gasteiger partial charge on any atom is -0.461 e. The number of nitrogens with zero attached hydrogens (tertiary/aromatic N) is 2. The van der Waals surface area contributed by atoms with Gasteiger partial charge in [0, 0.05) is 10.0 Å². The summed E-state index contributed by atoms with van der Waals surface area (Å²) in [6, 6.07) is 4.49. The summed E-state index contributed by atoms with van der Waals surface area (Å²) >= 11 is 11.9. The lowest BCUT2D eigenvalue weighted by molar-refractivity contribution is 0.0516. The Morgan fingerprint density at radius 3 is 2.42 bits per heavy atom. The van der Waals surface area contributed by atoms with Crippen LogP contribution < -0.4 is 4.74 Å². The molecule has 0 saturated heterocycles. The van der Waals surface area contributed by atoms with Crippen molar-refractivity contribution in [3.8, 4) is 11.6 Å². The van der Waals surface area contributed by atoms with Gasteiger partial charge in [-0.25, -0.2) is 9.48 Å². The molecule has 0 aliphatic heterocycles. The van der Waals surface area contributed by atoms with Crippen LogP contribution in [0.25, 0.3) is 0 Å². The van der Waals surface area contributed by atoms with Crippen LogP contribution in [0.2, 0.25) is 10.0 Å². The first-order valence-corrected chi connectivity index (χ1v) is 8.01. The van der Waals surface area contributed by atoms with Crippen LogP contribution in [0.4, 0.5) is 0 Å². The second kappa shape index (κ2) is 7.68. The fourth-order valence-corrected chi connectivity index (χ4v) is 2.55. The predicted octanol–water partition coefficient (Wildman–Crippen LogP) is 4.55. The number of benzene rings is 1. The van der Waals surface area contributed by atoms with E-state index in [1.54, 1.807) is 25.1 Å². The summed E-state index contributed by atoms with van der Waals surface area (Å²) in [7, 11) is 0. The first-order chi connectivity index (χ1) is 11.4. The number of hydrogen-bond acceptors (Lipinski definition) is 5. The van der Waals surface area contributed by atoms with E-state index in [-0.39, 0.29) is 29.8 Å². The van der Waals surface area contributed by atoms with Gasteiger partial charge in [-0.05, 0) is 39.0 Å². The topological polar surface area (TPSA) is 70.4 Å². The van der Waals surface area contributed by atoms with Crippen molar-refractivity contribution < 1.29 is 19.1 Å². The monoisotopic (exact) mass is 370 g/mol. The van der Waals surface area contributed by atoms with Gasteiger partial charge in [-0.15, -0.1) is 0 Å². The molecule has 0 N–H and O–H groups in total. The molecule has 24 heavy (non-hydrogen) atoms. The molecule has 0 bridgehead atoms. The highest BCUT2D eigenvalue weighted by atomic mass is 35.5. The summed E-state index contributed by atoms with van der Waals surface area (Å²) in [6.07, 6.45) is 0.514. The van der Waals surface area contributed by atoms with Gasteiger partial charge in [0.15, 0.2) is 12.0 Å². The summed E-state index contributed by atoms with van der Waals surface area (Å²) < 4.78 is 12.1. The highest BCUT2D eigenvalue weighted by Crippen LogP contribution is 2.32. The minimum atomic E-state index is -0.687. The predicted molar refractivity (Wildman–Crippen MR) is 90.5 cm³/mol. The van der Waals surface area contributed by atoms with E-state index in [0.29, 0.717) is 22.1 Å². The van der Waals surface area contributed by atoms with Crippen LogP contribution in [-0.4, -0.2) is 28.6 Å². The van der Waals surface area contributed by atoms with Gasteiger partial charge < -0.3 is 9.47 Å². The molecule has 0 radical (unpaired) electrons. The summed E-state index contributed by atoms with van der Waals surface area (Å²) in [4.78, 5) is 23.5. The molecular formula is C16H16Cl2N2O4. The average molecular weight is 371 g/mol. The molecule has 0 aliphatic carbocycles. The zero-order chi connectivity index (χ0) is 17.9. The van der Waals surface area contributed by atoms with Crippen molar-refractivity contribution in [2.24, 2.45) is 0 Å². The highest BCUT2D eigenvalue weighted by Gasteiger charge is 2.26. The maximum atomic E-state index is 12.0. The molecule has 0 saturated carbocycles. The summed E-state index contributed by atoms with van der Waals surface area (Å²) in [5.41, 5.74) is -0.0816. The third-order valence-corrected chi connectivity index (χ3v) is 3.46. The SMILES string of the molecule is CCOC(=O)c1nn(C(C)C)c(Oc2cc(Cl)cc(Cl)c2)c1C=O. The van der Waals surface area contributed by atoms with Crippen LogP contribution in [0, 0.1) is 0 Å². The Morgan fingerprint density at radius 2 is 1.92 bits per heavy atom. The molecule has 0 unspecified atom stereocenters. The van der Waals surface area contributed by atoms with E-state index in [1.807, 2.05) is 13.8 Å². The van der Waals surface area contributed by atoms with Crippen LogP contribution in [0.1, 0.15) is 47.7 Å². The summed E-state index contributed by atoms with van der Waals surface area (Å²) in [5, 5.41) is 4.92. The number of carbonyl (C=O) groups excluding carboxylic acids is 2. The van der Waals surface area contributed by atoms with Crippen molar-refractivity contribution in [3.63, 3.8) is 0 Å². The zero-order valence-electron chi connectivity index (χ0n) is 13.4. The fourth-order valence-electron chi connectivity index (χ4n) is 2.04. The molecule has 2 aromatic rings. The van der Waals surface area contributed by atoms with Gasteiger partial charge in [0.2, 0.25) is 5.88 Å². The van der Waals surface area contributed by atoms with Crippen LogP contribution in [0.3, 0.4) is 0 Å². The Kier molecular flexibility index (Phi) is 5.85. The van der Waals surface area contributed by atoms with Crippen LogP contribution in [0.5, 0.6) is 11.6 Å². The Morgan fingerprint density at radius 1 is 1.29 bits per heavy atom. The lowest BCUT2D eigenvalue weighted by Crippen LogP contribution is -2.09. The maximum absolute atomic E-state index is 12.0. The van der Waals surface area contributed by atoms with Gasteiger partial charge in [-0.3, -0.25) is 4.79 Å². The van der Waals surface area contributed by atoms with Crippen molar-refractivity contribution in [3.05, 3.63) is 39.5 Å². The Balaban J connectivity index is 2.54. The van der Waals surface area contributed by atoms with Crippen LogP contribution >= 0.6 is 23.2 Å². The molecule has 6 nitrogen and oxygen atoms in total. The third-order valence-electron chi connectivity index (χ3n) is 3.03. The lowest BCUT2D eigenvalue weighted by atomic mass is 10.2. The molecule has 0 atom stereocenters. The summed E-state index contributed by atoms with van der Waals surface area (Å²) in [5.74, 6) is -0.234. The second-order valence-electron chi connectivity index (χ2n) is 5.15. The van der Waals surface area contributed by atoms with Gasteiger partial charge in [-0.1, -0.05) is 23.2 Å². The van der Waals surface area contributed by atoms with Crippen molar-refractivity contribution >= 4 is 35.5 Å². The Labute approximate surface area is 149 Å². The van der Waals surface area contributed by atoms with Gasteiger partial charge in [0.25, 0.3) is 0 Å². The molecule has 1 aromatic heterocycles. The Bertz CT molecular complexity index is 751. The maximum Gasteiger partial charge on any atom is 0.359 e. The van der Waals surface area contributed by atoms with Crippen molar-refractivity contribution in [2.45, 2.75) is 26.8 Å². The smallest absolute Gasteiger partial charge is 0.359 e. The number of carbonyl (C=O) groups is 2. The number of halogens is 2. The van der Waals surface area contributed by atoms with E-state index in [4.69, 9.17) is 32.7 Å².